The van der Waals surface area contributed by atoms with E-state index in [1.165, 1.54) is 11.1 Å². The van der Waals surface area contributed by atoms with Crippen LogP contribution in [-0.4, -0.2) is 10.7 Å². The van der Waals surface area contributed by atoms with E-state index in [4.69, 9.17) is 0 Å². The van der Waals surface area contributed by atoms with Gasteiger partial charge >= 0.3 is 0 Å². The zero-order chi connectivity index (χ0) is 9.40. The number of allylic oxidation sites excluding steroid dienone is 6. The molecule has 12 heavy (non-hydrogen) atoms. The van der Waals surface area contributed by atoms with Crippen LogP contribution in [0.25, 0.3) is 0 Å². The lowest BCUT2D eigenvalue weighted by molar-refractivity contribution is 1.41. The van der Waals surface area contributed by atoms with Crippen LogP contribution in [0.1, 0.15) is 13.8 Å². The molecular formula is C10H14Br2. The van der Waals surface area contributed by atoms with Crippen molar-refractivity contribution in [3.8, 4) is 0 Å². The molecule has 0 bridgehead atoms. The van der Waals surface area contributed by atoms with Gasteiger partial charge in [0.2, 0.25) is 0 Å². The number of hydrogen-bond acceptors (Lipinski definition) is 0. The predicted octanol–water partition coefficient (Wildman–Crippen LogP) is 4.23. The SMILES string of the molecule is C\C(=C/C=C/C=C(\C)CBr)CBr. The van der Waals surface area contributed by atoms with Crippen LogP contribution < -0.4 is 0 Å². The van der Waals surface area contributed by atoms with E-state index < -0.39 is 0 Å². The molecule has 2 heteroatoms. The Labute approximate surface area is 91.7 Å². The second-order valence-electron chi connectivity index (χ2n) is 2.68. The van der Waals surface area contributed by atoms with Crippen molar-refractivity contribution in [1.82, 2.24) is 0 Å². The van der Waals surface area contributed by atoms with Crippen molar-refractivity contribution in [3.63, 3.8) is 0 Å². The summed E-state index contributed by atoms with van der Waals surface area (Å²) in [7, 11) is 0. The summed E-state index contributed by atoms with van der Waals surface area (Å²) >= 11 is 6.77. The molecule has 0 aromatic carbocycles. The summed E-state index contributed by atoms with van der Waals surface area (Å²) in [5, 5.41) is 1.89. The molecule has 0 rings (SSSR count). The average Bonchev–Trinajstić information content (AvgIpc) is 2.11. The van der Waals surface area contributed by atoms with Gasteiger partial charge in [-0.3, -0.25) is 0 Å². The van der Waals surface area contributed by atoms with Crippen molar-refractivity contribution in [2.75, 3.05) is 10.7 Å². The van der Waals surface area contributed by atoms with Gasteiger partial charge in [-0.2, -0.15) is 0 Å². The van der Waals surface area contributed by atoms with Crippen LogP contribution in [0, 0.1) is 0 Å². The van der Waals surface area contributed by atoms with E-state index in [9.17, 15) is 0 Å². The maximum atomic E-state index is 3.38. The second-order valence-corrected chi connectivity index (χ2v) is 3.80. The van der Waals surface area contributed by atoms with Gasteiger partial charge in [0.25, 0.3) is 0 Å². The monoisotopic (exact) mass is 292 g/mol. The summed E-state index contributed by atoms with van der Waals surface area (Å²) in [5.74, 6) is 0. The summed E-state index contributed by atoms with van der Waals surface area (Å²) in [6, 6.07) is 0. The summed E-state index contributed by atoms with van der Waals surface area (Å²) < 4.78 is 0. The van der Waals surface area contributed by atoms with Gasteiger partial charge in [-0.25, -0.2) is 0 Å². The Morgan fingerprint density at radius 1 is 0.917 bits per heavy atom. The Morgan fingerprint density at radius 3 is 1.50 bits per heavy atom. The van der Waals surface area contributed by atoms with Gasteiger partial charge in [0, 0.05) is 10.7 Å². The minimum absolute atomic E-state index is 0.943. The molecule has 0 amide bonds. The summed E-state index contributed by atoms with van der Waals surface area (Å²) in [6.45, 7) is 4.19. The molecule has 0 unspecified atom stereocenters. The highest BCUT2D eigenvalue weighted by Gasteiger charge is 1.80. The van der Waals surface area contributed by atoms with E-state index in [1.54, 1.807) is 0 Å². The van der Waals surface area contributed by atoms with Gasteiger partial charge in [0.1, 0.15) is 0 Å². The van der Waals surface area contributed by atoms with E-state index in [-0.39, 0.29) is 0 Å². The summed E-state index contributed by atoms with van der Waals surface area (Å²) in [4.78, 5) is 0. The Kier molecular flexibility index (Phi) is 7.93. The zero-order valence-electron chi connectivity index (χ0n) is 7.48. The van der Waals surface area contributed by atoms with Crippen LogP contribution in [0.2, 0.25) is 0 Å². The highest BCUT2D eigenvalue weighted by molar-refractivity contribution is 9.09. The van der Waals surface area contributed by atoms with Crippen molar-refractivity contribution in [2.45, 2.75) is 13.8 Å². The van der Waals surface area contributed by atoms with Crippen molar-refractivity contribution in [1.29, 1.82) is 0 Å². The Hall–Kier alpha value is 0.180. The van der Waals surface area contributed by atoms with Gasteiger partial charge in [-0.05, 0) is 13.8 Å². The first-order chi connectivity index (χ1) is 5.70. The average molecular weight is 294 g/mol. The Balaban J connectivity index is 3.93. The van der Waals surface area contributed by atoms with Gasteiger partial charge in [-0.1, -0.05) is 67.3 Å². The molecule has 0 nitrogen and oxygen atoms in total. The van der Waals surface area contributed by atoms with Crippen molar-refractivity contribution < 1.29 is 0 Å². The topological polar surface area (TPSA) is 0 Å². The third-order valence-corrected chi connectivity index (χ3v) is 3.06. The van der Waals surface area contributed by atoms with E-state index in [0.717, 1.165) is 10.7 Å². The lowest BCUT2D eigenvalue weighted by Crippen LogP contribution is -1.73. The van der Waals surface area contributed by atoms with Crippen LogP contribution in [0.5, 0.6) is 0 Å². The number of hydrogen-bond donors (Lipinski definition) is 0. The molecule has 0 saturated heterocycles. The van der Waals surface area contributed by atoms with Crippen molar-refractivity contribution in [3.05, 3.63) is 35.5 Å². The third-order valence-electron chi connectivity index (χ3n) is 1.29. The molecule has 0 aliphatic heterocycles. The highest BCUT2D eigenvalue weighted by Crippen LogP contribution is 2.00. The molecule has 0 fully saturated rings. The van der Waals surface area contributed by atoms with E-state index >= 15 is 0 Å². The molecule has 68 valence electrons. The molecule has 0 radical (unpaired) electrons. The molecule has 0 atom stereocenters. The van der Waals surface area contributed by atoms with E-state index in [0.29, 0.717) is 0 Å². The molecule has 0 N–H and O–H groups in total. The molecule has 0 spiro atoms. The molecule has 0 aromatic heterocycles. The smallest absolute Gasteiger partial charge is 0.0242 e. The Bertz CT molecular complexity index is 178. The molecule has 0 aromatic rings. The number of halogens is 2. The van der Waals surface area contributed by atoms with Crippen LogP contribution in [0.15, 0.2) is 35.5 Å². The molecule has 0 aliphatic carbocycles. The predicted molar refractivity (Wildman–Crippen MR) is 64.2 cm³/mol. The van der Waals surface area contributed by atoms with Gasteiger partial charge in [0.15, 0.2) is 0 Å². The lowest BCUT2D eigenvalue weighted by Gasteiger charge is -1.88. The quantitative estimate of drug-likeness (QED) is 0.538. The van der Waals surface area contributed by atoms with Gasteiger partial charge in [0.05, 0.1) is 0 Å². The van der Waals surface area contributed by atoms with Crippen molar-refractivity contribution >= 4 is 31.9 Å². The standard InChI is InChI=1S/C10H14Br2/c1-9(7-11)5-3-4-6-10(2)8-12/h3-6H,7-8H2,1-2H3/b4-3+,9-5+,10-6+. The van der Waals surface area contributed by atoms with E-state index in [2.05, 4.69) is 70.0 Å². The largest absolute Gasteiger partial charge is 0.0880 e. The van der Waals surface area contributed by atoms with Crippen LogP contribution in [0.4, 0.5) is 0 Å². The van der Waals surface area contributed by atoms with Crippen molar-refractivity contribution in [2.24, 2.45) is 0 Å². The number of rotatable bonds is 4. The number of alkyl halides is 2. The van der Waals surface area contributed by atoms with Gasteiger partial charge in [-0.15, -0.1) is 0 Å². The third kappa shape index (κ3) is 6.86. The minimum Gasteiger partial charge on any atom is -0.0880 e. The summed E-state index contributed by atoms with van der Waals surface area (Å²) in [6.07, 6.45) is 8.32. The fraction of sp³-hybridized carbons (Fsp3) is 0.400. The fourth-order valence-corrected chi connectivity index (χ4v) is 0.903. The lowest BCUT2D eigenvalue weighted by atomic mass is 10.3. The maximum Gasteiger partial charge on any atom is 0.0242 e. The fourth-order valence-electron chi connectivity index (χ4n) is 0.529. The minimum atomic E-state index is 0.943. The van der Waals surface area contributed by atoms with Gasteiger partial charge < -0.3 is 0 Å². The zero-order valence-corrected chi connectivity index (χ0v) is 10.7. The molecule has 0 heterocycles. The Morgan fingerprint density at radius 2 is 1.25 bits per heavy atom. The first-order valence-electron chi connectivity index (χ1n) is 3.82. The molecule has 0 aliphatic rings. The summed E-state index contributed by atoms with van der Waals surface area (Å²) in [5.41, 5.74) is 2.66. The molecule has 0 saturated carbocycles. The van der Waals surface area contributed by atoms with E-state index in [1.807, 2.05) is 0 Å². The first kappa shape index (κ1) is 12.2. The van der Waals surface area contributed by atoms with Crippen LogP contribution in [-0.2, 0) is 0 Å². The second kappa shape index (κ2) is 7.81. The molecular weight excluding hydrogens is 280 g/mol. The van der Waals surface area contributed by atoms with Crippen LogP contribution in [0.3, 0.4) is 0 Å². The first-order valence-corrected chi connectivity index (χ1v) is 6.06. The maximum absolute atomic E-state index is 3.38. The normalized spacial score (nSPS) is 14.3. The van der Waals surface area contributed by atoms with Crippen LogP contribution >= 0.6 is 31.9 Å². The highest BCUT2D eigenvalue weighted by atomic mass is 79.9.